The van der Waals surface area contributed by atoms with Crippen LogP contribution in [-0.4, -0.2) is 123 Å². The number of esters is 4. The number of rotatable bonds is 10. The Morgan fingerprint density at radius 3 is 2.21 bits per heavy atom. The van der Waals surface area contributed by atoms with Gasteiger partial charge in [-0.3, -0.25) is 9.59 Å². The molecule has 1 spiro atoms. The Kier molecular flexibility index (Phi) is 11.4. The number of fused-ring (bicyclic) bond motifs is 4. The number of carbonyl (C=O) groups excluding carboxylic acids is 5. The van der Waals surface area contributed by atoms with Crippen LogP contribution in [0.25, 0.3) is 0 Å². The van der Waals surface area contributed by atoms with Crippen molar-refractivity contribution in [2.24, 2.45) is 17.3 Å². The lowest BCUT2D eigenvalue weighted by Gasteiger charge is -2.64. The number of benzene rings is 1. The molecule has 4 fully saturated rings. The van der Waals surface area contributed by atoms with Crippen molar-refractivity contribution < 1.29 is 72.5 Å². The van der Waals surface area contributed by atoms with Crippen LogP contribution in [-0.2, 0) is 47.5 Å². The number of nitrogens with one attached hydrogen (secondary N) is 1. The molecule has 0 radical (unpaired) electrons. The molecule has 2 aliphatic heterocycles. The van der Waals surface area contributed by atoms with Gasteiger partial charge >= 0.3 is 30.0 Å². The number of hydrogen-bond donors (Lipinski definition) is 4. The van der Waals surface area contributed by atoms with Gasteiger partial charge in [-0.05, 0) is 63.3 Å². The second kappa shape index (κ2) is 15.2. The summed E-state index contributed by atoms with van der Waals surface area (Å²) in [6.07, 6.45) is -10.7. The molecule has 2 heterocycles. The SMILES string of the molecule is CC(=O)O[C@@H]1C2=C(C)[C@@H](OC(=O)[C@H](O)[C@H](CC(C)C)NC(=O)OC(C)(C)C)C[C@@](O)([C@@H](OC(=O)c3ccccc3)[C@@H]3[C@]4(OC(C)=O)CO[C@@H]4C[C@H](O)[C@]34O[C@@H]14)C2(C)C. The van der Waals surface area contributed by atoms with Gasteiger partial charge < -0.3 is 53.8 Å². The van der Waals surface area contributed by atoms with Crippen LogP contribution < -0.4 is 5.32 Å². The summed E-state index contributed by atoms with van der Waals surface area (Å²) in [5, 5.41) is 39.6. The smallest absolute Gasteiger partial charge is 0.407 e. The minimum absolute atomic E-state index is 0.0563. The Balaban J connectivity index is 1.50. The summed E-state index contributed by atoms with van der Waals surface area (Å²) in [6, 6.07) is 6.89. The third-order valence-electron chi connectivity index (χ3n) is 12.4. The van der Waals surface area contributed by atoms with Crippen molar-refractivity contribution in [3.8, 4) is 0 Å². The number of hydrogen-bond acceptors (Lipinski definition) is 15. The van der Waals surface area contributed by atoms with Gasteiger partial charge in [-0.1, -0.05) is 45.9 Å². The number of carbonyl (C=O) groups is 5. The Hall–Kier alpha value is -4.09. The van der Waals surface area contributed by atoms with Crippen LogP contribution in [0.4, 0.5) is 4.79 Å². The fourth-order valence-corrected chi connectivity index (χ4v) is 9.85. The van der Waals surface area contributed by atoms with Crippen LogP contribution in [0.2, 0.25) is 0 Å². The van der Waals surface area contributed by atoms with Crippen molar-refractivity contribution in [1.29, 1.82) is 0 Å². The van der Waals surface area contributed by atoms with Crippen molar-refractivity contribution in [1.82, 2.24) is 5.32 Å². The van der Waals surface area contributed by atoms with Crippen molar-refractivity contribution in [2.45, 2.75) is 160 Å². The molecule has 2 bridgehead atoms. The van der Waals surface area contributed by atoms with E-state index in [2.05, 4.69) is 5.32 Å². The van der Waals surface area contributed by atoms with E-state index >= 15 is 0 Å². The van der Waals surface area contributed by atoms with Gasteiger partial charge in [0.15, 0.2) is 17.8 Å². The summed E-state index contributed by atoms with van der Waals surface area (Å²) in [4.78, 5) is 66.8. The van der Waals surface area contributed by atoms with E-state index in [9.17, 15) is 39.3 Å². The highest BCUT2D eigenvalue weighted by Gasteiger charge is 2.86. The number of epoxide rings is 1. The predicted octanol–water partition coefficient (Wildman–Crippen LogP) is 3.07. The molecule has 58 heavy (non-hydrogen) atoms. The molecule has 5 aliphatic rings. The molecule has 4 N–H and O–H groups in total. The standard InChI is InChI=1S/C42H57NO15/c1-20(2)16-25(43-37(50)58-38(6,7)8)30(47)36(49)54-26-18-41(51)34(55-35(48)24-14-12-11-13-15-24)32-40(56-23(5)45)19-52-28(40)17-27(46)42(32)33(57-42)31(53-22(4)44)29(21(26)3)39(41,9)10/h11-15,20,25-28,30-34,46-47,51H,16-19H2,1-10H3,(H,43,50)/t25-,26-,27-,28+,30+,31+,32+,33-,34-,40-,41+,42-/m0/s1. The summed E-state index contributed by atoms with van der Waals surface area (Å²) in [7, 11) is 0. The summed E-state index contributed by atoms with van der Waals surface area (Å²) >= 11 is 0. The van der Waals surface area contributed by atoms with Gasteiger partial charge in [0.2, 0.25) is 0 Å². The fourth-order valence-electron chi connectivity index (χ4n) is 9.85. The van der Waals surface area contributed by atoms with E-state index in [1.165, 1.54) is 26.0 Å². The number of aliphatic hydroxyl groups excluding tert-OH is 2. The van der Waals surface area contributed by atoms with Gasteiger partial charge in [-0.2, -0.15) is 0 Å². The molecular weight excluding hydrogens is 758 g/mol. The number of alkyl carbamates (subject to hydrolysis) is 1. The lowest BCUT2D eigenvalue weighted by atomic mass is 9.49. The van der Waals surface area contributed by atoms with Gasteiger partial charge in [0, 0.05) is 32.1 Å². The van der Waals surface area contributed by atoms with Gasteiger partial charge in [0.05, 0.1) is 30.2 Å². The molecule has 2 saturated carbocycles. The van der Waals surface area contributed by atoms with Gasteiger partial charge in [0.1, 0.15) is 41.2 Å². The van der Waals surface area contributed by atoms with E-state index in [0.29, 0.717) is 5.57 Å². The highest BCUT2D eigenvalue weighted by atomic mass is 16.7. The number of amides is 1. The zero-order chi connectivity index (χ0) is 42.9. The summed E-state index contributed by atoms with van der Waals surface area (Å²) in [5.74, 6) is -4.82. The second-order valence-corrected chi connectivity index (χ2v) is 18.3. The van der Waals surface area contributed by atoms with Crippen molar-refractivity contribution in [2.75, 3.05) is 6.61 Å². The summed E-state index contributed by atoms with van der Waals surface area (Å²) in [6.45, 7) is 15.9. The average Bonchev–Trinajstić information content (AvgIpc) is 3.84. The third kappa shape index (κ3) is 7.39. The predicted molar refractivity (Wildman–Crippen MR) is 202 cm³/mol. The molecule has 16 heteroatoms. The van der Waals surface area contributed by atoms with E-state index in [1.54, 1.807) is 59.7 Å². The topological polar surface area (TPSA) is 226 Å². The van der Waals surface area contributed by atoms with E-state index in [-0.39, 0.29) is 36.5 Å². The van der Waals surface area contributed by atoms with E-state index < -0.39 is 119 Å². The molecule has 0 aromatic heterocycles. The Morgan fingerprint density at radius 1 is 1.00 bits per heavy atom. The first-order valence-corrected chi connectivity index (χ1v) is 19.8. The average molecular weight is 816 g/mol. The molecule has 3 aliphatic carbocycles. The minimum Gasteiger partial charge on any atom is -0.456 e. The van der Waals surface area contributed by atoms with Crippen molar-refractivity contribution in [3.05, 3.63) is 47.0 Å². The monoisotopic (exact) mass is 815 g/mol. The lowest BCUT2D eigenvalue weighted by molar-refractivity contribution is -0.336. The Bertz CT molecular complexity index is 1840. The zero-order valence-corrected chi connectivity index (χ0v) is 34.7. The lowest BCUT2D eigenvalue weighted by Crippen LogP contribution is -2.80. The van der Waals surface area contributed by atoms with Crippen LogP contribution in [0.15, 0.2) is 41.5 Å². The van der Waals surface area contributed by atoms with Gasteiger partial charge in [-0.25, -0.2) is 14.4 Å². The summed E-state index contributed by atoms with van der Waals surface area (Å²) in [5.41, 5.74) is -7.13. The van der Waals surface area contributed by atoms with E-state index in [0.717, 1.165) is 0 Å². The minimum atomic E-state index is -2.26. The fraction of sp³-hybridized carbons (Fsp3) is 0.690. The maximum atomic E-state index is 14.2. The first-order valence-electron chi connectivity index (χ1n) is 19.8. The van der Waals surface area contributed by atoms with Crippen LogP contribution in [0.1, 0.15) is 98.9 Å². The van der Waals surface area contributed by atoms with Crippen molar-refractivity contribution >= 4 is 30.0 Å². The number of aliphatic hydroxyl groups is 3. The highest BCUT2D eigenvalue weighted by Crippen LogP contribution is 2.69. The quantitative estimate of drug-likeness (QED) is 0.115. The molecule has 1 amide bonds. The second-order valence-electron chi connectivity index (χ2n) is 18.3. The Morgan fingerprint density at radius 2 is 1.66 bits per heavy atom. The molecule has 2 saturated heterocycles. The highest BCUT2D eigenvalue weighted by molar-refractivity contribution is 5.89. The van der Waals surface area contributed by atoms with Crippen LogP contribution in [0.5, 0.6) is 0 Å². The molecule has 6 rings (SSSR count). The van der Waals surface area contributed by atoms with Gasteiger partial charge in [-0.15, -0.1) is 0 Å². The maximum Gasteiger partial charge on any atom is 0.407 e. The molecule has 1 aromatic carbocycles. The number of ether oxygens (including phenoxy) is 7. The molecular formula is C42H57NO15. The van der Waals surface area contributed by atoms with Gasteiger partial charge in [0.25, 0.3) is 0 Å². The van der Waals surface area contributed by atoms with E-state index in [4.69, 9.17) is 33.2 Å². The summed E-state index contributed by atoms with van der Waals surface area (Å²) < 4.78 is 42.4. The first kappa shape index (κ1) is 43.5. The zero-order valence-electron chi connectivity index (χ0n) is 34.7. The van der Waals surface area contributed by atoms with Crippen LogP contribution in [0, 0.1) is 17.3 Å². The van der Waals surface area contributed by atoms with Crippen molar-refractivity contribution in [3.63, 3.8) is 0 Å². The maximum absolute atomic E-state index is 14.2. The molecule has 12 atom stereocenters. The normalized spacial score (nSPS) is 35.5. The molecule has 1 aromatic rings. The third-order valence-corrected chi connectivity index (χ3v) is 12.4. The molecule has 320 valence electrons. The largest absolute Gasteiger partial charge is 0.456 e. The molecule has 16 nitrogen and oxygen atoms in total. The van der Waals surface area contributed by atoms with E-state index in [1.807, 2.05) is 13.8 Å². The van der Waals surface area contributed by atoms with Crippen LogP contribution >= 0.6 is 0 Å². The molecule has 0 unspecified atom stereocenters. The Labute approximate surface area is 337 Å². The van der Waals surface area contributed by atoms with Crippen LogP contribution in [0.3, 0.4) is 0 Å². The first-order chi connectivity index (χ1) is 26.9.